The smallest absolute Gasteiger partial charge is 0.237 e. The third kappa shape index (κ3) is 6.15. The Kier molecular flexibility index (Phi) is 7.55. The Morgan fingerprint density at radius 3 is 2.18 bits per heavy atom. The largest absolute Gasteiger partial charge is 0.342 e. The van der Waals surface area contributed by atoms with Gasteiger partial charge < -0.3 is 4.90 Å². The van der Waals surface area contributed by atoms with Crippen LogP contribution in [0.1, 0.15) is 25.8 Å². The zero-order valence-corrected chi connectivity index (χ0v) is 14.5. The molecule has 0 saturated carbocycles. The van der Waals surface area contributed by atoms with Crippen LogP contribution in [0.5, 0.6) is 0 Å². The highest BCUT2D eigenvalue weighted by atomic mass is 32.2. The first-order valence-electron chi connectivity index (χ1n) is 7.65. The molecule has 0 aromatic heterocycles. The van der Waals surface area contributed by atoms with Crippen LogP contribution in [-0.4, -0.2) is 56.0 Å². The fourth-order valence-corrected chi connectivity index (χ4v) is 3.10. The van der Waals surface area contributed by atoms with Gasteiger partial charge in [-0.1, -0.05) is 30.3 Å². The SMILES string of the molecule is CCN(CC)C(=O)CN(CCCc1ccccc1)S(C)(=O)=O. The van der Waals surface area contributed by atoms with Gasteiger partial charge in [0.25, 0.3) is 0 Å². The average Bonchev–Trinajstić information content (AvgIpc) is 2.47. The van der Waals surface area contributed by atoms with E-state index in [1.54, 1.807) is 4.90 Å². The van der Waals surface area contributed by atoms with E-state index >= 15 is 0 Å². The number of carbonyl (C=O) groups is 1. The molecule has 1 rings (SSSR count). The molecule has 0 aliphatic rings. The summed E-state index contributed by atoms with van der Waals surface area (Å²) in [5.74, 6) is -0.143. The first-order valence-corrected chi connectivity index (χ1v) is 9.50. The minimum absolute atomic E-state index is 0.0741. The van der Waals surface area contributed by atoms with Gasteiger partial charge in [0.05, 0.1) is 12.8 Å². The van der Waals surface area contributed by atoms with E-state index in [0.717, 1.165) is 12.7 Å². The molecule has 0 bridgehead atoms. The first kappa shape index (κ1) is 18.6. The summed E-state index contributed by atoms with van der Waals surface area (Å²) in [7, 11) is -3.38. The standard InChI is InChI=1S/C16H26N2O3S/c1-4-17(5-2)16(19)14-18(22(3,20)21)13-9-12-15-10-7-6-8-11-15/h6-8,10-11H,4-5,9,12-14H2,1-3H3. The minimum atomic E-state index is -3.38. The predicted molar refractivity (Wildman–Crippen MR) is 89.1 cm³/mol. The van der Waals surface area contributed by atoms with Crippen LogP contribution < -0.4 is 0 Å². The van der Waals surface area contributed by atoms with Crippen molar-refractivity contribution >= 4 is 15.9 Å². The van der Waals surface area contributed by atoms with Crippen molar-refractivity contribution in [3.8, 4) is 0 Å². The highest BCUT2D eigenvalue weighted by Gasteiger charge is 2.21. The lowest BCUT2D eigenvalue weighted by Gasteiger charge is -2.24. The van der Waals surface area contributed by atoms with E-state index in [1.165, 1.54) is 9.87 Å². The van der Waals surface area contributed by atoms with Crippen LogP contribution in [0, 0.1) is 0 Å². The monoisotopic (exact) mass is 326 g/mol. The molecule has 0 fully saturated rings. The van der Waals surface area contributed by atoms with E-state index in [4.69, 9.17) is 0 Å². The molecule has 1 aromatic carbocycles. The maximum absolute atomic E-state index is 12.1. The second-order valence-corrected chi connectivity index (χ2v) is 7.23. The lowest BCUT2D eigenvalue weighted by molar-refractivity contribution is -0.131. The lowest BCUT2D eigenvalue weighted by Crippen LogP contribution is -2.42. The average molecular weight is 326 g/mol. The van der Waals surface area contributed by atoms with Gasteiger partial charge in [-0.15, -0.1) is 0 Å². The maximum atomic E-state index is 12.1. The molecule has 0 unspecified atom stereocenters. The predicted octanol–water partition coefficient (Wildman–Crippen LogP) is 1.75. The summed E-state index contributed by atoms with van der Waals surface area (Å²) in [6, 6.07) is 9.92. The fourth-order valence-electron chi connectivity index (χ4n) is 2.29. The van der Waals surface area contributed by atoms with Crippen molar-refractivity contribution < 1.29 is 13.2 Å². The van der Waals surface area contributed by atoms with Crippen molar-refractivity contribution in [1.82, 2.24) is 9.21 Å². The summed E-state index contributed by atoms with van der Waals surface area (Å²) >= 11 is 0. The molecule has 0 N–H and O–H groups in total. The number of aryl methyl sites for hydroxylation is 1. The molecule has 1 aromatic rings. The van der Waals surface area contributed by atoms with Gasteiger partial charge in [-0.25, -0.2) is 8.42 Å². The zero-order valence-electron chi connectivity index (χ0n) is 13.7. The van der Waals surface area contributed by atoms with Crippen molar-refractivity contribution in [2.75, 3.05) is 32.4 Å². The Morgan fingerprint density at radius 1 is 1.09 bits per heavy atom. The summed E-state index contributed by atoms with van der Waals surface area (Å²) in [4.78, 5) is 13.8. The van der Waals surface area contributed by atoms with Crippen LogP contribution in [0.2, 0.25) is 0 Å². The van der Waals surface area contributed by atoms with Gasteiger partial charge in [0.1, 0.15) is 0 Å². The Labute approximate surface area is 134 Å². The Bertz CT molecular complexity index is 554. The van der Waals surface area contributed by atoms with Crippen LogP contribution in [0.15, 0.2) is 30.3 Å². The summed E-state index contributed by atoms with van der Waals surface area (Å²) < 4.78 is 25.0. The zero-order chi connectivity index (χ0) is 16.6. The van der Waals surface area contributed by atoms with Crippen LogP contribution >= 0.6 is 0 Å². The van der Waals surface area contributed by atoms with E-state index in [0.29, 0.717) is 26.1 Å². The number of carbonyl (C=O) groups excluding carboxylic acids is 1. The highest BCUT2D eigenvalue weighted by Crippen LogP contribution is 2.07. The summed E-state index contributed by atoms with van der Waals surface area (Å²) in [5.41, 5.74) is 1.17. The first-order chi connectivity index (χ1) is 10.4. The maximum Gasteiger partial charge on any atom is 0.237 e. The second-order valence-electron chi connectivity index (χ2n) is 5.25. The molecule has 0 radical (unpaired) electrons. The fraction of sp³-hybridized carbons (Fsp3) is 0.562. The minimum Gasteiger partial charge on any atom is -0.342 e. The molecule has 0 aliphatic heterocycles. The number of hydrogen-bond donors (Lipinski definition) is 0. The van der Waals surface area contributed by atoms with Gasteiger partial charge in [0.15, 0.2) is 0 Å². The Hall–Kier alpha value is -1.40. The van der Waals surface area contributed by atoms with Gasteiger partial charge in [-0.2, -0.15) is 4.31 Å². The van der Waals surface area contributed by atoms with Gasteiger partial charge in [0.2, 0.25) is 15.9 Å². The normalized spacial score (nSPS) is 11.6. The number of nitrogens with zero attached hydrogens (tertiary/aromatic N) is 2. The van der Waals surface area contributed by atoms with Gasteiger partial charge in [-0.3, -0.25) is 4.79 Å². The van der Waals surface area contributed by atoms with Crippen molar-refractivity contribution in [2.45, 2.75) is 26.7 Å². The quantitative estimate of drug-likeness (QED) is 0.695. The van der Waals surface area contributed by atoms with E-state index in [9.17, 15) is 13.2 Å². The summed E-state index contributed by atoms with van der Waals surface area (Å²) in [6.07, 6.45) is 2.65. The highest BCUT2D eigenvalue weighted by molar-refractivity contribution is 7.88. The molecule has 124 valence electrons. The third-order valence-electron chi connectivity index (χ3n) is 3.61. The Morgan fingerprint density at radius 2 is 1.68 bits per heavy atom. The molecule has 0 atom stereocenters. The number of hydrogen-bond acceptors (Lipinski definition) is 3. The van der Waals surface area contributed by atoms with Crippen LogP contribution in [-0.2, 0) is 21.2 Å². The van der Waals surface area contributed by atoms with Crippen LogP contribution in [0.25, 0.3) is 0 Å². The lowest BCUT2D eigenvalue weighted by atomic mass is 10.1. The molecular formula is C16H26N2O3S. The number of likely N-dealkylation sites (N-methyl/N-ethyl adjacent to an activating group) is 1. The molecule has 0 saturated heterocycles. The number of benzene rings is 1. The second kappa shape index (κ2) is 8.90. The molecule has 22 heavy (non-hydrogen) atoms. The third-order valence-corrected chi connectivity index (χ3v) is 4.86. The molecule has 5 nitrogen and oxygen atoms in total. The van der Waals surface area contributed by atoms with Gasteiger partial charge in [-0.05, 0) is 32.3 Å². The van der Waals surface area contributed by atoms with Crippen LogP contribution in [0.3, 0.4) is 0 Å². The molecule has 6 heteroatoms. The van der Waals surface area contributed by atoms with E-state index in [2.05, 4.69) is 0 Å². The summed E-state index contributed by atoms with van der Waals surface area (Å²) in [6.45, 7) is 5.26. The van der Waals surface area contributed by atoms with Crippen molar-refractivity contribution in [1.29, 1.82) is 0 Å². The molecule has 1 amide bonds. The van der Waals surface area contributed by atoms with Crippen molar-refractivity contribution in [3.63, 3.8) is 0 Å². The van der Waals surface area contributed by atoms with E-state index in [1.807, 2.05) is 44.2 Å². The topological polar surface area (TPSA) is 57.7 Å². The molecule has 0 aliphatic carbocycles. The Balaban J connectivity index is 2.60. The number of amides is 1. The van der Waals surface area contributed by atoms with E-state index in [-0.39, 0.29) is 12.5 Å². The molecule has 0 heterocycles. The summed E-state index contributed by atoms with van der Waals surface area (Å²) in [5, 5.41) is 0. The number of sulfonamides is 1. The van der Waals surface area contributed by atoms with E-state index < -0.39 is 10.0 Å². The molecular weight excluding hydrogens is 300 g/mol. The molecule has 0 spiro atoms. The van der Waals surface area contributed by atoms with Crippen LogP contribution in [0.4, 0.5) is 0 Å². The van der Waals surface area contributed by atoms with Crippen molar-refractivity contribution in [3.05, 3.63) is 35.9 Å². The van der Waals surface area contributed by atoms with Gasteiger partial charge in [0, 0.05) is 19.6 Å². The van der Waals surface area contributed by atoms with Gasteiger partial charge >= 0.3 is 0 Å². The van der Waals surface area contributed by atoms with Crippen molar-refractivity contribution in [2.24, 2.45) is 0 Å². The number of rotatable bonds is 9.